The van der Waals surface area contributed by atoms with Gasteiger partial charge in [-0.15, -0.1) is 0 Å². The van der Waals surface area contributed by atoms with Crippen LogP contribution in [0.2, 0.25) is 0 Å². The zero-order valence-electron chi connectivity index (χ0n) is 10.4. The molecule has 0 aliphatic rings. The van der Waals surface area contributed by atoms with E-state index >= 15 is 0 Å². The molecule has 0 atom stereocenters. The van der Waals surface area contributed by atoms with Gasteiger partial charge in [-0.2, -0.15) is 10.2 Å². The van der Waals surface area contributed by atoms with Gasteiger partial charge >= 0.3 is 0 Å². The number of aryl methyl sites for hydroxylation is 2. The van der Waals surface area contributed by atoms with Crippen LogP contribution >= 0.6 is 0 Å². The fourth-order valence-electron chi connectivity index (χ4n) is 1.82. The van der Waals surface area contributed by atoms with Gasteiger partial charge in [0.1, 0.15) is 0 Å². The van der Waals surface area contributed by atoms with Gasteiger partial charge in [0.05, 0.1) is 11.4 Å². The van der Waals surface area contributed by atoms with E-state index in [-0.39, 0.29) is 0 Å². The van der Waals surface area contributed by atoms with Crippen molar-refractivity contribution in [3.8, 4) is 0 Å². The zero-order chi connectivity index (χ0) is 12.1. The molecule has 0 radical (unpaired) electrons. The van der Waals surface area contributed by atoms with E-state index in [2.05, 4.69) is 34.6 Å². The SMILES string of the molecule is CCn1nccc1CNCCc1ccn(C)n1. The molecule has 92 valence electrons. The van der Waals surface area contributed by atoms with Gasteiger partial charge in [-0.05, 0) is 19.1 Å². The third-order valence-electron chi connectivity index (χ3n) is 2.74. The molecule has 0 aromatic carbocycles. The molecular weight excluding hydrogens is 214 g/mol. The molecule has 0 amide bonds. The quantitative estimate of drug-likeness (QED) is 0.756. The molecule has 0 spiro atoms. The summed E-state index contributed by atoms with van der Waals surface area (Å²) in [6, 6.07) is 4.11. The third-order valence-corrected chi connectivity index (χ3v) is 2.74. The van der Waals surface area contributed by atoms with Gasteiger partial charge in [0, 0.05) is 45.5 Å². The molecule has 0 aliphatic carbocycles. The molecule has 2 aromatic rings. The number of nitrogens with zero attached hydrogens (tertiary/aromatic N) is 4. The molecule has 0 fully saturated rings. The Bertz CT molecular complexity index is 457. The van der Waals surface area contributed by atoms with Crippen LogP contribution in [0.15, 0.2) is 24.5 Å². The lowest BCUT2D eigenvalue weighted by molar-refractivity contribution is 0.579. The second kappa shape index (κ2) is 5.63. The second-order valence-electron chi connectivity index (χ2n) is 4.05. The Labute approximate surface area is 101 Å². The Morgan fingerprint density at radius 1 is 1.35 bits per heavy atom. The summed E-state index contributed by atoms with van der Waals surface area (Å²) in [4.78, 5) is 0. The highest BCUT2D eigenvalue weighted by molar-refractivity contribution is 5.01. The van der Waals surface area contributed by atoms with Crippen molar-refractivity contribution in [2.75, 3.05) is 6.54 Å². The van der Waals surface area contributed by atoms with Crippen LogP contribution < -0.4 is 5.32 Å². The van der Waals surface area contributed by atoms with E-state index < -0.39 is 0 Å². The molecule has 5 heteroatoms. The highest BCUT2D eigenvalue weighted by Gasteiger charge is 2.00. The standard InChI is InChI=1S/C12H19N5/c1-3-17-12(5-8-14-17)10-13-7-4-11-6-9-16(2)15-11/h5-6,8-9,13H,3-4,7,10H2,1-2H3. The number of rotatable bonds is 6. The first-order valence-corrected chi connectivity index (χ1v) is 5.99. The summed E-state index contributed by atoms with van der Waals surface area (Å²) in [5.74, 6) is 0. The molecule has 2 rings (SSSR count). The Morgan fingerprint density at radius 3 is 2.94 bits per heavy atom. The summed E-state index contributed by atoms with van der Waals surface area (Å²) < 4.78 is 3.84. The average molecular weight is 233 g/mol. The summed E-state index contributed by atoms with van der Waals surface area (Å²) in [6.45, 7) is 4.82. The van der Waals surface area contributed by atoms with Crippen LogP contribution in [-0.4, -0.2) is 26.1 Å². The number of hydrogen-bond donors (Lipinski definition) is 1. The molecular formula is C12H19N5. The number of aromatic nitrogens is 4. The van der Waals surface area contributed by atoms with Gasteiger partial charge < -0.3 is 5.32 Å². The maximum atomic E-state index is 4.34. The van der Waals surface area contributed by atoms with Crippen molar-refractivity contribution in [1.82, 2.24) is 24.9 Å². The van der Waals surface area contributed by atoms with Crippen molar-refractivity contribution in [2.24, 2.45) is 7.05 Å². The summed E-state index contributed by atoms with van der Waals surface area (Å²) in [5, 5.41) is 12.0. The molecule has 0 saturated heterocycles. The predicted molar refractivity (Wildman–Crippen MR) is 66.5 cm³/mol. The van der Waals surface area contributed by atoms with Crippen LogP contribution in [0.5, 0.6) is 0 Å². The van der Waals surface area contributed by atoms with Gasteiger partial charge in [-0.3, -0.25) is 9.36 Å². The maximum absolute atomic E-state index is 4.34. The maximum Gasteiger partial charge on any atom is 0.0637 e. The minimum Gasteiger partial charge on any atom is -0.311 e. The topological polar surface area (TPSA) is 47.7 Å². The first-order chi connectivity index (χ1) is 8.29. The monoisotopic (exact) mass is 233 g/mol. The highest BCUT2D eigenvalue weighted by atomic mass is 15.3. The Hall–Kier alpha value is -1.62. The van der Waals surface area contributed by atoms with Crippen LogP contribution in [0.1, 0.15) is 18.3 Å². The van der Waals surface area contributed by atoms with Crippen LogP contribution in [0.25, 0.3) is 0 Å². The van der Waals surface area contributed by atoms with Gasteiger partial charge in [0.25, 0.3) is 0 Å². The van der Waals surface area contributed by atoms with Gasteiger partial charge in [0.2, 0.25) is 0 Å². The van der Waals surface area contributed by atoms with Gasteiger partial charge in [-0.25, -0.2) is 0 Å². The van der Waals surface area contributed by atoms with E-state index in [9.17, 15) is 0 Å². The minimum absolute atomic E-state index is 0.862. The average Bonchev–Trinajstić information content (AvgIpc) is 2.93. The van der Waals surface area contributed by atoms with E-state index in [1.165, 1.54) is 5.69 Å². The summed E-state index contributed by atoms with van der Waals surface area (Å²) in [5.41, 5.74) is 2.36. The second-order valence-corrected chi connectivity index (χ2v) is 4.05. The van der Waals surface area contributed by atoms with Crippen molar-refractivity contribution < 1.29 is 0 Å². The molecule has 17 heavy (non-hydrogen) atoms. The molecule has 1 N–H and O–H groups in total. The first-order valence-electron chi connectivity index (χ1n) is 5.99. The first kappa shape index (κ1) is 11.9. The van der Waals surface area contributed by atoms with Crippen LogP contribution in [-0.2, 0) is 26.6 Å². The van der Waals surface area contributed by atoms with E-state index in [1.807, 2.05) is 28.8 Å². The molecule has 2 aromatic heterocycles. The lowest BCUT2D eigenvalue weighted by atomic mass is 10.3. The minimum atomic E-state index is 0.862. The summed E-state index contributed by atoms with van der Waals surface area (Å²) in [7, 11) is 1.94. The highest BCUT2D eigenvalue weighted by Crippen LogP contribution is 1.98. The van der Waals surface area contributed by atoms with Crippen LogP contribution in [0, 0.1) is 0 Å². The molecule has 0 bridgehead atoms. The van der Waals surface area contributed by atoms with Crippen molar-refractivity contribution in [3.63, 3.8) is 0 Å². The molecule has 2 heterocycles. The lowest BCUT2D eigenvalue weighted by Crippen LogP contribution is -2.19. The van der Waals surface area contributed by atoms with Crippen LogP contribution in [0.3, 0.4) is 0 Å². The number of hydrogen-bond acceptors (Lipinski definition) is 3. The van der Waals surface area contributed by atoms with E-state index in [0.717, 1.165) is 31.7 Å². The molecule has 0 unspecified atom stereocenters. The predicted octanol–water partition coefficient (Wildman–Crippen LogP) is 0.969. The van der Waals surface area contributed by atoms with Gasteiger partial charge in [-0.1, -0.05) is 0 Å². The molecule has 5 nitrogen and oxygen atoms in total. The largest absolute Gasteiger partial charge is 0.311 e. The summed E-state index contributed by atoms with van der Waals surface area (Å²) in [6.07, 6.45) is 4.78. The van der Waals surface area contributed by atoms with E-state index in [0.29, 0.717) is 0 Å². The zero-order valence-corrected chi connectivity index (χ0v) is 10.4. The molecule has 0 aliphatic heterocycles. The van der Waals surface area contributed by atoms with Crippen molar-refractivity contribution in [1.29, 1.82) is 0 Å². The lowest BCUT2D eigenvalue weighted by Gasteiger charge is -2.05. The normalized spacial score (nSPS) is 10.9. The Morgan fingerprint density at radius 2 is 2.24 bits per heavy atom. The van der Waals surface area contributed by atoms with E-state index in [4.69, 9.17) is 0 Å². The smallest absolute Gasteiger partial charge is 0.0637 e. The summed E-state index contributed by atoms with van der Waals surface area (Å²) >= 11 is 0. The molecule has 0 saturated carbocycles. The van der Waals surface area contributed by atoms with Crippen molar-refractivity contribution >= 4 is 0 Å². The number of nitrogens with one attached hydrogen (secondary N) is 1. The van der Waals surface area contributed by atoms with Crippen LogP contribution in [0.4, 0.5) is 0 Å². The van der Waals surface area contributed by atoms with E-state index in [1.54, 1.807) is 0 Å². The van der Waals surface area contributed by atoms with Gasteiger partial charge in [0.15, 0.2) is 0 Å². The Balaban J connectivity index is 1.73. The fourth-order valence-corrected chi connectivity index (χ4v) is 1.82. The third kappa shape index (κ3) is 3.17. The fraction of sp³-hybridized carbons (Fsp3) is 0.500. The Kier molecular flexibility index (Phi) is 3.93. The van der Waals surface area contributed by atoms with Crippen molar-refractivity contribution in [2.45, 2.75) is 26.4 Å². The van der Waals surface area contributed by atoms with Crippen molar-refractivity contribution in [3.05, 3.63) is 35.9 Å².